The number of carbonyl (C=O) groups excluding carboxylic acids is 1. The van der Waals surface area contributed by atoms with Gasteiger partial charge in [0.05, 0.1) is 18.3 Å². The summed E-state index contributed by atoms with van der Waals surface area (Å²) in [6, 6.07) is 5.81. The molecule has 0 spiro atoms. The second-order valence-electron chi connectivity index (χ2n) is 5.06. The van der Waals surface area contributed by atoms with Crippen molar-refractivity contribution in [2.75, 3.05) is 11.9 Å². The van der Waals surface area contributed by atoms with Crippen LogP contribution in [0.25, 0.3) is 0 Å². The molecule has 0 bridgehead atoms. The molecule has 0 radical (unpaired) electrons. The number of ether oxygens (including phenoxy) is 1. The van der Waals surface area contributed by atoms with Crippen molar-refractivity contribution >= 4 is 27.6 Å². The molecular formula is C15H20BrNO3. The summed E-state index contributed by atoms with van der Waals surface area (Å²) in [6.07, 6.45) is 3.47. The van der Waals surface area contributed by atoms with Crippen LogP contribution in [-0.4, -0.2) is 29.8 Å². The minimum Gasteiger partial charge on any atom is -0.462 e. The molecule has 0 saturated heterocycles. The summed E-state index contributed by atoms with van der Waals surface area (Å²) >= 11 is 3.49. The molecule has 2 rings (SSSR count). The Morgan fingerprint density at radius 1 is 1.40 bits per heavy atom. The van der Waals surface area contributed by atoms with Gasteiger partial charge in [-0.3, -0.25) is 0 Å². The first-order chi connectivity index (χ1) is 9.60. The number of aliphatic hydroxyl groups excluding tert-OH is 1. The third-order valence-corrected chi connectivity index (χ3v) is 4.19. The molecule has 20 heavy (non-hydrogen) atoms. The Morgan fingerprint density at radius 3 is 2.70 bits per heavy atom. The summed E-state index contributed by atoms with van der Waals surface area (Å²) in [5.41, 5.74) is 1.52. The molecule has 0 aromatic heterocycles. The van der Waals surface area contributed by atoms with Crippen molar-refractivity contribution in [1.29, 1.82) is 0 Å². The minimum absolute atomic E-state index is 0.150. The van der Waals surface area contributed by atoms with E-state index in [-0.39, 0.29) is 12.1 Å². The van der Waals surface area contributed by atoms with Gasteiger partial charge in [-0.25, -0.2) is 4.79 Å². The average Bonchev–Trinajstić information content (AvgIpc) is 2.43. The van der Waals surface area contributed by atoms with Gasteiger partial charge in [0.15, 0.2) is 0 Å². The van der Waals surface area contributed by atoms with Crippen molar-refractivity contribution in [3.63, 3.8) is 0 Å². The maximum Gasteiger partial charge on any atom is 0.338 e. The Kier molecular flexibility index (Phi) is 5.43. The van der Waals surface area contributed by atoms with Crippen LogP contribution in [-0.2, 0) is 4.74 Å². The first-order valence-electron chi connectivity index (χ1n) is 7.01. The van der Waals surface area contributed by atoms with Crippen LogP contribution >= 0.6 is 15.9 Å². The number of rotatable bonds is 4. The predicted octanol–water partition coefficient (Wildman–Crippen LogP) is 3.34. The monoisotopic (exact) mass is 341 g/mol. The zero-order chi connectivity index (χ0) is 14.5. The molecule has 1 aliphatic carbocycles. The Balaban J connectivity index is 2.00. The number of aliphatic hydroxyl groups is 1. The highest BCUT2D eigenvalue weighted by molar-refractivity contribution is 9.10. The molecule has 1 fully saturated rings. The van der Waals surface area contributed by atoms with E-state index in [4.69, 9.17) is 4.74 Å². The van der Waals surface area contributed by atoms with E-state index in [2.05, 4.69) is 21.2 Å². The Morgan fingerprint density at radius 2 is 2.10 bits per heavy atom. The predicted molar refractivity (Wildman–Crippen MR) is 82.0 cm³/mol. The number of nitrogens with one attached hydrogen (secondary N) is 1. The molecule has 0 atom stereocenters. The molecule has 0 amide bonds. The van der Waals surface area contributed by atoms with Gasteiger partial charge in [-0.15, -0.1) is 0 Å². The van der Waals surface area contributed by atoms with Gasteiger partial charge in [0.1, 0.15) is 0 Å². The van der Waals surface area contributed by atoms with E-state index >= 15 is 0 Å². The Hall–Kier alpha value is -1.07. The lowest BCUT2D eigenvalue weighted by Crippen LogP contribution is -2.28. The van der Waals surface area contributed by atoms with E-state index in [0.29, 0.717) is 18.2 Å². The highest BCUT2D eigenvalue weighted by Crippen LogP contribution is 2.28. The summed E-state index contributed by atoms with van der Waals surface area (Å²) in [7, 11) is 0. The number of anilines is 1. The molecule has 1 aromatic carbocycles. The van der Waals surface area contributed by atoms with Crippen molar-refractivity contribution < 1.29 is 14.6 Å². The van der Waals surface area contributed by atoms with Crippen molar-refractivity contribution in [3.05, 3.63) is 28.2 Å². The van der Waals surface area contributed by atoms with Crippen molar-refractivity contribution in [3.8, 4) is 0 Å². The fraction of sp³-hybridized carbons (Fsp3) is 0.533. The highest BCUT2D eigenvalue weighted by atomic mass is 79.9. The molecule has 0 aliphatic heterocycles. The fourth-order valence-electron chi connectivity index (χ4n) is 2.41. The third-order valence-electron chi connectivity index (χ3n) is 3.54. The largest absolute Gasteiger partial charge is 0.462 e. The van der Waals surface area contributed by atoms with Crippen LogP contribution < -0.4 is 5.32 Å². The van der Waals surface area contributed by atoms with Gasteiger partial charge in [0, 0.05) is 16.2 Å². The van der Waals surface area contributed by atoms with Crippen LogP contribution in [0.15, 0.2) is 22.7 Å². The normalized spacial score (nSPS) is 22.4. The van der Waals surface area contributed by atoms with Gasteiger partial charge in [-0.1, -0.05) is 0 Å². The van der Waals surface area contributed by atoms with Gasteiger partial charge >= 0.3 is 5.97 Å². The minimum atomic E-state index is -0.305. The van der Waals surface area contributed by atoms with Gasteiger partial charge in [0.25, 0.3) is 0 Å². The average molecular weight is 342 g/mol. The molecule has 0 heterocycles. The van der Waals surface area contributed by atoms with Crippen LogP contribution in [0.3, 0.4) is 0 Å². The SMILES string of the molecule is CCOC(=O)c1ccc(NC2CCC(O)CC2)c(Br)c1. The summed E-state index contributed by atoms with van der Waals surface area (Å²) < 4.78 is 5.83. The van der Waals surface area contributed by atoms with Gasteiger partial charge in [-0.2, -0.15) is 0 Å². The number of hydrogen-bond acceptors (Lipinski definition) is 4. The number of hydrogen-bond donors (Lipinski definition) is 2. The lowest BCUT2D eigenvalue weighted by atomic mass is 9.93. The zero-order valence-corrected chi connectivity index (χ0v) is 13.1. The van der Waals surface area contributed by atoms with Gasteiger partial charge in [0.2, 0.25) is 0 Å². The van der Waals surface area contributed by atoms with Crippen LogP contribution in [0.4, 0.5) is 5.69 Å². The van der Waals surface area contributed by atoms with Crippen LogP contribution in [0.1, 0.15) is 43.0 Å². The Labute approximate surface area is 127 Å². The van der Waals surface area contributed by atoms with E-state index in [1.807, 2.05) is 6.07 Å². The van der Waals surface area contributed by atoms with Crippen LogP contribution in [0, 0.1) is 0 Å². The summed E-state index contributed by atoms with van der Waals surface area (Å²) in [6.45, 7) is 2.17. The number of carbonyl (C=O) groups is 1. The zero-order valence-electron chi connectivity index (χ0n) is 11.6. The van der Waals surface area contributed by atoms with E-state index < -0.39 is 0 Å². The second kappa shape index (κ2) is 7.09. The molecule has 1 saturated carbocycles. The van der Waals surface area contributed by atoms with Gasteiger partial charge < -0.3 is 15.2 Å². The number of halogens is 1. The molecule has 1 aromatic rings. The lowest BCUT2D eigenvalue weighted by Gasteiger charge is -2.27. The molecular weight excluding hydrogens is 322 g/mol. The summed E-state index contributed by atoms with van der Waals surface area (Å²) in [4.78, 5) is 11.6. The fourth-order valence-corrected chi connectivity index (χ4v) is 2.91. The first kappa shape index (κ1) is 15.3. The summed E-state index contributed by atoms with van der Waals surface area (Å²) in [5.74, 6) is -0.305. The van der Waals surface area contributed by atoms with E-state index in [1.54, 1.807) is 19.1 Å². The van der Waals surface area contributed by atoms with Crippen LogP contribution in [0.5, 0.6) is 0 Å². The molecule has 2 N–H and O–H groups in total. The lowest BCUT2D eigenvalue weighted by molar-refractivity contribution is 0.0526. The first-order valence-corrected chi connectivity index (χ1v) is 7.80. The Bertz CT molecular complexity index is 470. The maximum atomic E-state index is 11.6. The molecule has 0 unspecified atom stereocenters. The topological polar surface area (TPSA) is 58.6 Å². The van der Waals surface area contributed by atoms with E-state index in [0.717, 1.165) is 35.8 Å². The number of benzene rings is 1. The third kappa shape index (κ3) is 3.96. The van der Waals surface area contributed by atoms with Crippen molar-refractivity contribution in [2.24, 2.45) is 0 Å². The second-order valence-corrected chi connectivity index (χ2v) is 5.92. The molecule has 5 heteroatoms. The van der Waals surface area contributed by atoms with E-state index in [1.165, 1.54) is 0 Å². The quantitative estimate of drug-likeness (QED) is 0.824. The number of esters is 1. The van der Waals surface area contributed by atoms with Crippen molar-refractivity contribution in [2.45, 2.75) is 44.8 Å². The van der Waals surface area contributed by atoms with Crippen molar-refractivity contribution in [1.82, 2.24) is 0 Å². The van der Waals surface area contributed by atoms with Crippen LogP contribution in [0.2, 0.25) is 0 Å². The molecule has 110 valence electrons. The molecule has 4 nitrogen and oxygen atoms in total. The highest BCUT2D eigenvalue weighted by Gasteiger charge is 2.20. The van der Waals surface area contributed by atoms with E-state index in [9.17, 15) is 9.90 Å². The standard InChI is InChI=1S/C15H20BrNO3/c1-2-20-15(19)10-3-8-14(13(16)9-10)17-11-4-6-12(18)7-5-11/h3,8-9,11-12,17-18H,2,4-7H2,1H3. The maximum absolute atomic E-state index is 11.6. The van der Waals surface area contributed by atoms with Gasteiger partial charge in [-0.05, 0) is 66.7 Å². The summed E-state index contributed by atoms with van der Waals surface area (Å²) in [5, 5.41) is 13.0. The smallest absolute Gasteiger partial charge is 0.338 e. The molecule has 1 aliphatic rings.